The minimum atomic E-state index is 0. The Morgan fingerprint density at radius 2 is 1.04 bits per heavy atom. The Kier molecular flexibility index (Phi) is 11.2. The van der Waals surface area contributed by atoms with Gasteiger partial charge in [-0.1, -0.05) is 193 Å². The molecule has 8 rings (SSSR count). The zero-order valence-corrected chi connectivity index (χ0v) is 30.0. The molecule has 0 unspecified atom stereocenters. The Morgan fingerprint density at radius 3 is 1.73 bits per heavy atom. The summed E-state index contributed by atoms with van der Waals surface area (Å²) in [5.41, 5.74) is 10.8. The summed E-state index contributed by atoms with van der Waals surface area (Å²) in [6.45, 7) is 2.16. The summed E-state index contributed by atoms with van der Waals surface area (Å²) < 4.78 is 0. The van der Waals surface area contributed by atoms with Crippen LogP contribution in [0.4, 0.5) is 0 Å². The van der Waals surface area contributed by atoms with E-state index in [2.05, 4.69) is 183 Å². The number of hydrogen-bond donors (Lipinski definition) is 0. The summed E-state index contributed by atoms with van der Waals surface area (Å²) in [5.74, 6) is 0. The van der Waals surface area contributed by atoms with E-state index in [-0.39, 0.29) is 26.2 Å². The number of hydrogen-bond acceptors (Lipinski definition) is 0. The molecule has 0 aliphatic rings. The summed E-state index contributed by atoms with van der Waals surface area (Å²) in [6, 6.07) is 68.0. The number of allylic oxidation sites excluding steroid dienone is 2. The van der Waals surface area contributed by atoms with E-state index < -0.39 is 0 Å². The van der Waals surface area contributed by atoms with Crippen molar-refractivity contribution in [2.24, 2.45) is 0 Å². The van der Waals surface area contributed by atoms with Gasteiger partial charge in [0.1, 0.15) is 0 Å². The molecule has 1 heteroatoms. The van der Waals surface area contributed by atoms with Gasteiger partial charge < -0.3 is 0 Å². The third-order valence-electron chi connectivity index (χ3n) is 8.55. The maximum atomic E-state index is 3.66. The largest absolute Gasteiger partial charge is 2.00 e. The van der Waals surface area contributed by atoms with Gasteiger partial charge in [-0.05, 0) is 21.9 Å². The molecule has 0 N–H and O–H groups in total. The van der Waals surface area contributed by atoms with E-state index in [0.717, 1.165) is 22.3 Å². The molecule has 0 aromatic heterocycles. The van der Waals surface area contributed by atoms with Crippen molar-refractivity contribution >= 4 is 38.8 Å². The quantitative estimate of drug-likeness (QED) is 0.0919. The van der Waals surface area contributed by atoms with Gasteiger partial charge in [0.05, 0.1) is 0 Å². The Bertz CT molecular complexity index is 2210. The molecular formula is C48H36Zr. The zero-order valence-electron chi connectivity index (χ0n) is 27.6. The average Bonchev–Trinajstić information content (AvgIpc) is 3.55. The van der Waals surface area contributed by atoms with Gasteiger partial charge in [0, 0.05) is 0 Å². The third kappa shape index (κ3) is 8.09. The fourth-order valence-electron chi connectivity index (χ4n) is 6.28. The Labute approximate surface area is 309 Å². The summed E-state index contributed by atoms with van der Waals surface area (Å²) >= 11 is 0. The molecule has 0 atom stereocenters. The van der Waals surface area contributed by atoms with Gasteiger partial charge >= 0.3 is 26.2 Å². The van der Waals surface area contributed by atoms with E-state index in [4.69, 9.17) is 0 Å². The fraction of sp³-hybridized carbons (Fsp3) is 0.0208. The van der Waals surface area contributed by atoms with Crippen molar-refractivity contribution in [3.8, 4) is 11.1 Å². The standard InChI is InChI=1S/C28H21.C20H15.Zr/c1-5-13-23(14-6-1)21-27(25-17-9-3-10-18-25)28(26-19-11-4-12-20-26)22-24-15-7-2-8-16-24;1-14-12-16-8-5-11-19(20(16)13-14)18-10-4-7-15-6-2-3-9-17(15)18;/h1-21H;2-13H,1H3;/q2*-1;+2. The van der Waals surface area contributed by atoms with E-state index in [0.29, 0.717) is 0 Å². The van der Waals surface area contributed by atoms with Gasteiger partial charge in [-0.2, -0.15) is 6.07 Å². The topological polar surface area (TPSA) is 0 Å². The first kappa shape index (κ1) is 33.7. The molecule has 0 bridgehead atoms. The van der Waals surface area contributed by atoms with E-state index in [9.17, 15) is 0 Å². The molecule has 0 heterocycles. The molecule has 0 aliphatic heterocycles. The summed E-state index contributed by atoms with van der Waals surface area (Å²) in [6.07, 6.45) is 5.91. The van der Waals surface area contributed by atoms with E-state index in [1.807, 2.05) is 30.3 Å². The molecule has 49 heavy (non-hydrogen) atoms. The van der Waals surface area contributed by atoms with E-state index in [1.54, 1.807) is 0 Å². The van der Waals surface area contributed by atoms with Gasteiger partial charge in [0.25, 0.3) is 0 Å². The second-order valence-electron chi connectivity index (χ2n) is 11.9. The molecule has 8 aromatic rings. The van der Waals surface area contributed by atoms with Crippen LogP contribution in [0.2, 0.25) is 0 Å². The molecule has 8 aromatic carbocycles. The van der Waals surface area contributed by atoms with Crippen LogP contribution < -0.4 is 0 Å². The minimum absolute atomic E-state index is 0. The van der Waals surface area contributed by atoms with Crippen LogP contribution in [0.15, 0.2) is 194 Å². The van der Waals surface area contributed by atoms with Crippen LogP contribution in [-0.2, 0) is 26.2 Å². The average molecular weight is 704 g/mol. The zero-order chi connectivity index (χ0) is 32.5. The van der Waals surface area contributed by atoms with Crippen LogP contribution in [0.25, 0.3) is 49.9 Å². The molecule has 232 valence electrons. The van der Waals surface area contributed by atoms with Gasteiger partial charge in [0.15, 0.2) is 0 Å². The second kappa shape index (κ2) is 16.2. The molecular weight excluding hydrogens is 668 g/mol. The van der Waals surface area contributed by atoms with Gasteiger partial charge in [-0.3, -0.25) is 0 Å². The van der Waals surface area contributed by atoms with Crippen LogP contribution in [0, 0.1) is 13.0 Å². The van der Waals surface area contributed by atoms with E-state index in [1.165, 1.54) is 49.4 Å². The Balaban J connectivity index is 0.000000175. The van der Waals surface area contributed by atoms with Gasteiger partial charge in [0.2, 0.25) is 0 Å². The molecule has 0 aliphatic carbocycles. The predicted octanol–water partition coefficient (Wildman–Crippen LogP) is 12.8. The SMILES string of the molecule is Cc1cc2c(-c3cccc4ccccc34)cccc2[cH-]1.[C-](=C(C(=Cc1ccccc1)c1ccccc1)c1ccccc1)c1ccccc1.[Zr+2]. The van der Waals surface area contributed by atoms with Crippen LogP contribution in [0.3, 0.4) is 0 Å². The van der Waals surface area contributed by atoms with Crippen molar-refractivity contribution in [1.29, 1.82) is 0 Å². The van der Waals surface area contributed by atoms with Gasteiger partial charge in [-0.25, -0.2) is 0 Å². The molecule has 0 saturated heterocycles. The molecule has 0 amide bonds. The Morgan fingerprint density at radius 1 is 0.510 bits per heavy atom. The smallest absolute Gasteiger partial charge is 0.165 e. The predicted molar refractivity (Wildman–Crippen MR) is 207 cm³/mol. The number of aryl methyl sites for hydroxylation is 1. The second-order valence-corrected chi connectivity index (χ2v) is 11.9. The van der Waals surface area contributed by atoms with Crippen LogP contribution in [0.1, 0.15) is 27.8 Å². The van der Waals surface area contributed by atoms with Crippen molar-refractivity contribution in [2.75, 3.05) is 0 Å². The summed E-state index contributed by atoms with van der Waals surface area (Å²) in [7, 11) is 0. The number of fused-ring (bicyclic) bond motifs is 2. The minimum Gasteiger partial charge on any atom is -0.165 e. The van der Waals surface area contributed by atoms with Crippen LogP contribution in [-0.4, -0.2) is 0 Å². The third-order valence-corrected chi connectivity index (χ3v) is 8.55. The summed E-state index contributed by atoms with van der Waals surface area (Å²) in [5, 5.41) is 5.29. The first-order chi connectivity index (χ1) is 23.7. The van der Waals surface area contributed by atoms with Crippen molar-refractivity contribution < 1.29 is 26.2 Å². The fourth-order valence-corrected chi connectivity index (χ4v) is 6.28. The van der Waals surface area contributed by atoms with Crippen molar-refractivity contribution in [2.45, 2.75) is 6.92 Å². The van der Waals surface area contributed by atoms with Gasteiger partial charge in [-0.15, -0.1) is 63.9 Å². The maximum absolute atomic E-state index is 3.66. The molecule has 0 spiro atoms. The van der Waals surface area contributed by atoms with E-state index >= 15 is 0 Å². The van der Waals surface area contributed by atoms with Crippen molar-refractivity contribution in [3.05, 3.63) is 228 Å². The number of benzene rings is 7. The first-order valence-electron chi connectivity index (χ1n) is 16.4. The normalized spacial score (nSPS) is 11.4. The summed E-state index contributed by atoms with van der Waals surface area (Å²) in [4.78, 5) is 0. The van der Waals surface area contributed by atoms with Crippen LogP contribution >= 0.6 is 0 Å². The monoisotopic (exact) mass is 702 g/mol. The molecule has 0 radical (unpaired) electrons. The molecule has 0 nitrogen and oxygen atoms in total. The first-order valence-corrected chi connectivity index (χ1v) is 16.4. The van der Waals surface area contributed by atoms with Crippen molar-refractivity contribution in [3.63, 3.8) is 0 Å². The van der Waals surface area contributed by atoms with Crippen LogP contribution in [0.5, 0.6) is 0 Å². The molecule has 0 fully saturated rings. The van der Waals surface area contributed by atoms with Crippen molar-refractivity contribution in [1.82, 2.24) is 0 Å². The number of rotatable bonds is 6. The maximum Gasteiger partial charge on any atom is 2.00 e. The Hall–Kier alpha value is -5.23. The molecule has 0 saturated carbocycles.